The summed E-state index contributed by atoms with van der Waals surface area (Å²) >= 11 is 0. The number of fused-ring (bicyclic) bond motifs is 4. The van der Waals surface area contributed by atoms with E-state index in [2.05, 4.69) is 4.98 Å². The van der Waals surface area contributed by atoms with Crippen LogP contribution in [0.1, 0.15) is 48.2 Å². The van der Waals surface area contributed by atoms with Crippen molar-refractivity contribution in [3.8, 4) is 0 Å². The van der Waals surface area contributed by atoms with Gasteiger partial charge in [-0.2, -0.15) is 13.2 Å². The highest BCUT2D eigenvalue weighted by Crippen LogP contribution is 2.44. The van der Waals surface area contributed by atoms with Gasteiger partial charge in [0.15, 0.2) is 0 Å². The number of amides is 3. The fraction of sp³-hybridized carbons (Fsp3) is 0.333. The number of aromatic nitrogens is 1. The van der Waals surface area contributed by atoms with Crippen molar-refractivity contribution in [3.63, 3.8) is 0 Å². The molecule has 0 aliphatic carbocycles. The van der Waals surface area contributed by atoms with E-state index in [1.165, 1.54) is 21.9 Å². The number of carbonyl (C=O) groups excluding carboxylic acids is 2. The largest absolute Gasteiger partial charge is 0.416 e. The van der Waals surface area contributed by atoms with Gasteiger partial charge in [0.1, 0.15) is 12.1 Å². The van der Waals surface area contributed by atoms with E-state index in [-0.39, 0.29) is 11.9 Å². The van der Waals surface area contributed by atoms with E-state index in [9.17, 15) is 22.8 Å². The predicted octanol–water partition coefficient (Wildman–Crippen LogP) is 5.27. The zero-order valence-electron chi connectivity index (χ0n) is 17.4. The average Bonchev–Trinajstić information content (AvgIpc) is 3.26. The third-order valence-corrected chi connectivity index (χ3v) is 6.42. The summed E-state index contributed by atoms with van der Waals surface area (Å²) in [4.78, 5) is 32.7. The normalized spacial score (nSPS) is 20.8. The number of alkyl halides is 3. The maximum Gasteiger partial charge on any atom is 0.416 e. The third-order valence-electron chi connectivity index (χ3n) is 6.42. The standard InChI is InChI=1S/C24H22F3N3O2/c1-2-3-12-29-22(31)19-13-17-16-6-4-5-7-18(16)28-20(17)21(30(19)23(29)32)14-8-10-15(11-9-14)24(25,26)27/h4-11,19,21,28H,2-3,12-13H2,1H3. The lowest BCUT2D eigenvalue weighted by Gasteiger charge is -2.36. The van der Waals surface area contributed by atoms with Crippen molar-refractivity contribution in [1.82, 2.24) is 14.8 Å². The molecule has 166 valence electrons. The lowest BCUT2D eigenvalue weighted by molar-refractivity contribution is -0.137. The van der Waals surface area contributed by atoms with Gasteiger partial charge >= 0.3 is 12.2 Å². The number of H-pyrrole nitrogens is 1. The van der Waals surface area contributed by atoms with E-state index in [1.54, 1.807) is 0 Å². The maximum absolute atomic E-state index is 13.3. The van der Waals surface area contributed by atoms with Crippen molar-refractivity contribution in [2.24, 2.45) is 0 Å². The molecule has 1 aromatic heterocycles. The number of imide groups is 1. The zero-order valence-corrected chi connectivity index (χ0v) is 17.4. The Morgan fingerprint density at radius 3 is 2.47 bits per heavy atom. The van der Waals surface area contributed by atoms with Gasteiger partial charge in [0.25, 0.3) is 5.91 Å². The maximum atomic E-state index is 13.3. The molecular weight excluding hydrogens is 419 g/mol. The van der Waals surface area contributed by atoms with Gasteiger partial charge in [0, 0.05) is 29.6 Å². The molecule has 8 heteroatoms. The summed E-state index contributed by atoms with van der Waals surface area (Å²) in [6, 6.07) is 10.8. The van der Waals surface area contributed by atoms with Crippen LogP contribution in [0.5, 0.6) is 0 Å². The molecule has 0 radical (unpaired) electrons. The molecule has 2 unspecified atom stereocenters. The van der Waals surface area contributed by atoms with Crippen LogP contribution in [0.3, 0.4) is 0 Å². The van der Waals surface area contributed by atoms with Crippen LogP contribution in [-0.2, 0) is 17.4 Å². The van der Waals surface area contributed by atoms with Crippen LogP contribution in [0.4, 0.5) is 18.0 Å². The molecule has 1 saturated heterocycles. The second-order valence-corrected chi connectivity index (χ2v) is 8.34. The van der Waals surface area contributed by atoms with Crippen LogP contribution >= 0.6 is 0 Å². The second kappa shape index (κ2) is 7.39. The highest BCUT2D eigenvalue weighted by Gasteiger charge is 2.52. The topological polar surface area (TPSA) is 56.4 Å². The molecule has 2 aliphatic rings. The molecule has 1 N–H and O–H groups in total. The molecule has 32 heavy (non-hydrogen) atoms. The van der Waals surface area contributed by atoms with Crippen molar-refractivity contribution in [2.75, 3.05) is 6.54 Å². The van der Waals surface area contributed by atoms with Crippen molar-refractivity contribution in [1.29, 1.82) is 0 Å². The number of urea groups is 1. The lowest BCUT2D eigenvalue weighted by atomic mass is 9.88. The molecule has 3 heterocycles. The molecule has 5 nitrogen and oxygen atoms in total. The molecule has 5 rings (SSSR count). The van der Waals surface area contributed by atoms with Crippen molar-refractivity contribution >= 4 is 22.8 Å². The molecule has 2 atom stereocenters. The fourth-order valence-corrected chi connectivity index (χ4v) is 4.85. The van der Waals surface area contributed by atoms with Gasteiger partial charge in [-0.25, -0.2) is 4.79 Å². The summed E-state index contributed by atoms with van der Waals surface area (Å²) in [6.45, 7) is 2.33. The Kier molecular flexibility index (Phi) is 4.76. The van der Waals surface area contributed by atoms with Crippen molar-refractivity contribution in [3.05, 3.63) is 70.9 Å². The molecule has 0 bridgehead atoms. The van der Waals surface area contributed by atoms with Crippen LogP contribution < -0.4 is 0 Å². The monoisotopic (exact) mass is 441 g/mol. The van der Waals surface area contributed by atoms with Crippen LogP contribution in [0.25, 0.3) is 10.9 Å². The van der Waals surface area contributed by atoms with Gasteiger partial charge in [-0.05, 0) is 35.7 Å². The minimum Gasteiger partial charge on any atom is -0.356 e. The Hall–Kier alpha value is -3.29. The van der Waals surface area contributed by atoms with Crippen molar-refractivity contribution in [2.45, 2.75) is 44.4 Å². The molecule has 0 spiro atoms. The third kappa shape index (κ3) is 3.08. The SMILES string of the molecule is CCCCN1C(=O)C2Cc3c([nH]c4ccccc34)C(c3ccc(C(F)(F)F)cc3)N2C1=O. The molecule has 2 aliphatic heterocycles. The van der Waals surface area contributed by atoms with E-state index in [0.29, 0.717) is 24.9 Å². The summed E-state index contributed by atoms with van der Waals surface area (Å²) in [5, 5.41) is 0.964. The van der Waals surface area contributed by atoms with Gasteiger partial charge in [0.2, 0.25) is 0 Å². The molecule has 3 amide bonds. The zero-order chi connectivity index (χ0) is 22.6. The van der Waals surface area contributed by atoms with Gasteiger partial charge in [-0.15, -0.1) is 0 Å². The fourth-order valence-electron chi connectivity index (χ4n) is 4.85. The lowest BCUT2D eigenvalue weighted by Crippen LogP contribution is -2.44. The number of halogens is 3. The quantitative estimate of drug-likeness (QED) is 0.561. The summed E-state index contributed by atoms with van der Waals surface area (Å²) in [7, 11) is 0. The van der Waals surface area contributed by atoms with E-state index in [0.717, 1.165) is 40.7 Å². The predicted molar refractivity (Wildman–Crippen MR) is 113 cm³/mol. The molecule has 3 aromatic rings. The van der Waals surface area contributed by atoms with Gasteiger partial charge < -0.3 is 4.98 Å². The van der Waals surface area contributed by atoms with Gasteiger partial charge in [0.05, 0.1) is 5.56 Å². The average molecular weight is 441 g/mol. The number of unbranched alkanes of at least 4 members (excludes halogenated alkanes) is 1. The van der Waals surface area contributed by atoms with E-state index >= 15 is 0 Å². The van der Waals surface area contributed by atoms with Crippen LogP contribution in [0.2, 0.25) is 0 Å². The number of benzene rings is 2. The first-order valence-corrected chi connectivity index (χ1v) is 10.7. The Morgan fingerprint density at radius 2 is 1.78 bits per heavy atom. The molecular formula is C24H22F3N3O2. The smallest absolute Gasteiger partial charge is 0.356 e. The molecule has 0 saturated carbocycles. The number of hydrogen-bond acceptors (Lipinski definition) is 2. The first-order valence-electron chi connectivity index (χ1n) is 10.7. The molecule has 2 aromatic carbocycles. The number of aromatic amines is 1. The minimum atomic E-state index is -4.45. The summed E-state index contributed by atoms with van der Waals surface area (Å²) in [5.41, 5.74) is 2.34. The van der Waals surface area contributed by atoms with Crippen molar-refractivity contribution < 1.29 is 22.8 Å². The second-order valence-electron chi connectivity index (χ2n) is 8.34. The van der Waals surface area contributed by atoms with E-state index < -0.39 is 23.8 Å². The van der Waals surface area contributed by atoms with E-state index in [4.69, 9.17) is 0 Å². The summed E-state index contributed by atoms with van der Waals surface area (Å²) in [6.07, 6.45) is -2.52. The number of para-hydroxylation sites is 1. The highest BCUT2D eigenvalue weighted by atomic mass is 19.4. The first-order chi connectivity index (χ1) is 15.3. The summed E-state index contributed by atoms with van der Waals surface area (Å²) < 4.78 is 39.3. The van der Waals surface area contributed by atoms with E-state index in [1.807, 2.05) is 31.2 Å². The van der Waals surface area contributed by atoms with Gasteiger partial charge in [-0.3, -0.25) is 14.6 Å². The minimum absolute atomic E-state index is 0.240. The molecule has 1 fully saturated rings. The summed E-state index contributed by atoms with van der Waals surface area (Å²) in [5.74, 6) is -0.240. The first kappa shape index (κ1) is 20.6. The van der Waals surface area contributed by atoms with Gasteiger partial charge in [-0.1, -0.05) is 43.7 Å². The van der Waals surface area contributed by atoms with Crippen LogP contribution in [0, 0.1) is 0 Å². The highest BCUT2D eigenvalue weighted by molar-refractivity contribution is 6.05. The van der Waals surface area contributed by atoms with Crippen LogP contribution in [-0.4, -0.2) is 39.3 Å². The Balaban J connectivity index is 1.65. The Morgan fingerprint density at radius 1 is 1.06 bits per heavy atom. The number of carbonyl (C=O) groups is 2. The Labute approximate surface area is 182 Å². The number of nitrogens with zero attached hydrogens (tertiary/aromatic N) is 2. The number of hydrogen-bond donors (Lipinski definition) is 1. The van der Waals surface area contributed by atoms with Crippen LogP contribution in [0.15, 0.2) is 48.5 Å². The Bertz CT molecular complexity index is 1200. The number of nitrogens with one attached hydrogen (secondary N) is 1. The number of rotatable bonds is 4.